The lowest BCUT2D eigenvalue weighted by molar-refractivity contribution is -0.142. The summed E-state index contributed by atoms with van der Waals surface area (Å²) in [5.41, 5.74) is 6.63. The summed E-state index contributed by atoms with van der Waals surface area (Å²) in [6.45, 7) is 0. The maximum Gasteiger partial charge on any atom is 0.322 e. The van der Waals surface area contributed by atoms with E-state index >= 15 is 0 Å². The number of nitrogens with two attached hydrogens (primary N) is 1. The van der Waals surface area contributed by atoms with E-state index in [-0.39, 0.29) is 5.97 Å². The van der Waals surface area contributed by atoms with Crippen LogP contribution in [-0.4, -0.2) is 19.1 Å². The van der Waals surface area contributed by atoms with E-state index in [4.69, 9.17) is 5.73 Å². The van der Waals surface area contributed by atoms with Crippen molar-refractivity contribution in [1.82, 2.24) is 0 Å². The Morgan fingerprint density at radius 1 is 1.83 bits per heavy atom. The molecule has 0 bridgehead atoms. The summed E-state index contributed by atoms with van der Waals surface area (Å²) in [4.78, 5) is 10.9. The number of ether oxygens (including phenoxy) is 1. The standard InChI is InChI=1S/C8H11NO2S/c1-11-8(10)7(9)4-6-2-3-12-5-6/h2-3,5,7H,4,9H2,1H3/t7-/m1/s1. The molecule has 1 atom stereocenters. The highest BCUT2D eigenvalue weighted by molar-refractivity contribution is 7.07. The van der Waals surface area contributed by atoms with Gasteiger partial charge in [0.2, 0.25) is 0 Å². The highest BCUT2D eigenvalue weighted by Gasteiger charge is 2.13. The molecule has 0 radical (unpaired) electrons. The summed E-state index contributed by atoms with van der Waals surface area (Å²) in [6, 6.07) is 1.41. The van der Waals surface area contributed by atoms with Crippen LogP contribution in [0.4, 0.5) is 0 Å². The van der Waals surface area contributed by atoms with Crippen LogP contribution >= 0.6 is 11.3 Å². The Kier molecular flexibility index (Phi) is 3.25. The number of methoxy groups -OCH3 is 1. The van der Waals surface area contributed by atoms with Gasteiger partial charge in [0.05, 0.1) is 7.11 Å². The number of rotatable bonds is 3. The van der Waals surface area contributed by atoms with E-state index in [0.29, 0.717) is 6.42 Å². The van der Waals surface area contributed by atoms with Crippen LogP contribution in [0.2, 0.25) is 0 Å². The van der Waals surface area contributed by atoms with E-state index in [1.54, 1.807) is 11.3 Å². The highest BCUT2D eigenvalue weighted by atomic mass is 32.1. The molecule has 1 heterocycles. The normalized spacial score (nSPS) is 12.5. The minimum absolute atomic E-state index is 0.360. The zero-order valence-electron chi connectivity index (χ0n) is 6.82. The molecule has 0 spiro atoms. The van der Waals surface area contributed by atoms with E-state index in [9.17, 15) is 4.79 Å². The number of thiophene rings is 1. The van der Waals surface area contributed by atoms with E-state index in [1.807, 2.05) is 16.8 Å². The molecule has 0 aliphatic rings. The first-order valence-electron chi connectivity index (χ1n) is 3.58. The average Bonchev–Trinajstić information content (AvgIpc) is 2.55. The average molecular weight is 185 g/mol. The summed E-state index contributed by atoms with van der Waals surface area (Å²) >= 11 is 1.59. The van der Waals surface area contributed by atoms with Gasteiger partial charge in [0.15, 0.2) is 0 Å². The van der Waals surface area contributed by atoms with Crippen molar-refractivity contribution >= 4 is 17.3 Å². The molecule has 0 amide bonds. The SMILES string of the molecule is COC(=O)[C@H](N)Cc1ccsc1. The van der Waals surface area contributed by atoms with Crippen molar-refractivity contribution < 1.29 is 9.53 Å². The maximum atomic E-state index is 10.9. The lowest BCUT2D eigenvalue weighted by Gasteiger charge is -2.06. The van der Waals surface area contributed by atoms with Crippen LogP contribution in [0, 0.1) is 0 Å². The van der Waals surface area contributed by atoms with Gasteiger partial charge < -0.3 is 10.5 Å². The van der Waals surface area contributed by atoms with E-state index in [1.165, 1.54) is 7.11 Å². The predicted octanol–water partition coefficient (Wildman–Crippen LogP) is 0.791. The first-order valence-corrected chi connectivity index (χ1v) is 4.53. The molecule has 1 rings (SSSR count). The monoisotopic (exact) mass is 185 g/mol. The van der Waals surface area contributed by atoms with Crippen LogP contribution in [0.15, 0.2) is 16.8 Å². The van der Waals surface area contributed by atoms with Gasteiger partial charge in [-0.2, -0.15) is 11.3 Å². The number of carbonyl (C=O) groups excluding carboxylic acids is 1. The number of hydrogen-bond acceptors (Lipinski definition) is 4. The van der Waals surface area contributed by atoms with Crippen molar-refractivity contribution in [2.45, 2.75) is 12.5 Å². The van der Waals surface area contributed by atoms with Crippen LogP contribution in [0.1, 0.15) is 5.56 Å². The Labute approximate surface area is 75.1 Å². The number of hydrogen-bond donors (Lipinski definition) is 1. The van der Waals surface area contributed by atoms with Gasteiger partial charge in [-0.1, -0.05) is 0 Å². The first-order chi connectivity index (χ1) is 5.74. The summed E-state index contributed by atoms with van der Waals surface area (Å²) in [5, 5.41) is 3.93. The zero-order valence-corrected chi connectivity index (χ0v) is 7.64. The molecule has 4 heteroatoms. The molecular formula is C8H11NO2S. The minimum Gasteiger partial charge on any atom is -0.468 e. The molecule has 0 saturated carbocycles. The Hall–Kier alpha value is -0.870. The van der Waals surface area contributed by atoms with Crippen LogP contribution in [0.3, 0.4) is 0 Å². The van der Waals surface area contributed by atoms with Crippen molar-refractivity contribution in [1.29, 1.82) is 0 Å². The van der Waals surface area contributed by atoms with E-state index in [0.717, 1.165) is 5.56 Å². The molecule has 3 nitrogen and oxygen atoms in total. The largest absolute Gasteiger partial charge is 0.468 e. The number of esters is 1. The third kappa shape index (κ3) is 2.32. The van der Waals surface area contributed by atoms with Gasteiger partial charge in [-0.15, -0.1) is 0 Å². The first kappa shape index (κ1) is 9.22. The second-order valence-corrected chi connectivity index (χ2v) is 3.25. The van der Waals surface area contributed by atoms with Crippen LogP contribution in [0.5, 0.6) is 0 Å². The van der Waals surface area contributed by atoms with Gasteiger partial charge >= 0.3 is 5.97 Å². The van der Waals surface area contributed by atoms with Crippen LogP contribution < -0.4 is 5.73 Å². The molecule has 1 aromatic rings. The maximum absolute atomic E-state index is 10.9. The van der Waals surface area contributed by atoms with Crippen molar-refractivity contribution in [3.8, 4) is 0 Å². The fourth-order valence-electron chi connectivity index (χ4n) is 0.897. The molecule has 66 valence electrons. The summed E-state index contributed by atoms with van der Waals surface area (Å²) < 4.78 is 4.50. The summed E-state index contributed by atoms with van der Waals surface area (Å²) in [5.74, 6) is -0.360. The Morgan fingerprint density at radius 3 is 3.08 bits per heavy atom. The third-order valence-corrected chi connectivity index (χ3v) is 2.27. The van der Waals surface area contributed by atoms with Gasteiger partial charge in [0.25, 0.3) is 0 Å². The van der Waals surface area contributed by atoms with Crippen molar-refractivity contribution in [2.24, 2.45) is 5.73 Å². The van der Waals surface area contributed by atoms with Gasteiger partial charge in [0.1, 0.15) is 6.04 Å². The van der Waals surface area contributed by atoms with Crippen molar-refractivity contribution in [3.05, 3.63) is 22.4 Å². The molecule has 0 unspecified atom stereocenters. The highest BCUT2D eigenvalue weighted by Crippen LogP contribution is 2.08. The molecule has 0 saturated heterocycles. The van der Waals surface area contributed by atoms with Crippen molar-refractivity contribution in [3.63, 3.8) is 0 Å². The smallest absolute Gasteiger partial charge is 0.322 e. The fraction of sp³-hybridized carbons (Fsp3) is 0.375. The fourth-order valence-corrected chi connectivity index (χ4v) is 1.58. The van der Waals surface area contributed by atoms with Crippen molar-refractivity contribution in [2.75, 3.05) is 7.11 Å². The third-order valence-electron chi connectivity index (χ3n) is 1.54. The molecule has 0 aliphatic heterocycles. The minimum atomic E-state index is -0.537. The molecule has 0 aromatic carbocycles. The number of carbonyl (C=O) groups is 1. The molecule has 2 N–H and O–H groups in total. The van der Waals surface area contributed by atoms with Crippen LogP contribution in [-0.2, 0) is 16.0 Å². The molecule has 0 aliphatic carbocycles. The summed E-state index contributed by atoms with van der Waals surface area (Å²) in [7, 11) is 1.34. The lowest BCUT2D eigenvalue weighted by atomic mass is 10.1. The Balaban J connectivity index is 2.47. The molecule has 12 heavy (non-hydrogen) atoms. The Bertz CT molecular complexity index is 246. The predicted molar refractivity (Wildman–Crippen MR) is 48.0 cm³/mol. The topological polar surface area (TPSA) is 52.3 Å². The second kappa shape index (κ2) is 4.23. The van der Waals surface area contributed by atoms with Gasteiger partial charge in [0, 0.05) is 0 Å². The molecule has 0 fully saturated rings. The molecular weight excluding hydrogens is 174 g/mol. The van der Waals surface area contributed by atoms with Gasteiger partial charge in [-0.05, 0) is 28.8 Å². The van der Waals surface area contributed by atoms with Crippen LogP contribution in [0.25, 0.3) is 0 Å². The Morgan fingerprint density at radius 2 is 2.58 bits per heavy atom. The van der Waals surface area contributed by atoms with E-state index in [2.05, 4.69) is 4.74 Å². The molecule has 1 aromatic heterocycles. The van der Waals surface area contributed by atoms with E-state index < -0.39 is 6.04 Å². The summed E-state index contributed by atoms with van der Waals surface area (Å²) in [6.07, 6.45) is 0.552. The zero-order chi connectivity index (χ0) is 8.97. The quantitative estimate of drug-likeness (QED) is 0.708. The lowest BCUT2D eigenvalue weighted by Crippen LogP contribution is -2.33. The second-order valence-electron chi connectivity index (χ2n) is 2.47. The van der Waals surface area contributed by atoms with Gasteiger partial charge in [-0.3, -0.25) is 4.79 Å². The van der Waals surface area contributed by atoms with Gasteiger partial charge in [-0.25, -0.2) is 0 Å².